The normalized spacial score (nSPS) is 12.4. The highest BCUT2D eigenvalue weighted by Gasteiger charge is 2.14. The number of benzene rings is 1. The first-order valence-corrected chi connectivity index (χ1v) is 8.38. The summed E-state index contributed by atoms with van der Waals surface area (Å²) in [5, 5.41) is 10.3. The van der Waals surface area contributed by atoms with Crippen molar-refractivity contribution >= 4 is 0 Å². The molecule has 1 unspecified atom stereocenters. The number of aliphatic hydroxyl groups is 1. The van der Waals surface area contributed by atoms with Gasteiger partial charge in [-0.2, -0.15) is 0 Å². The minimum absolute atomic E-state index is 0.239. The summed E-state index contributed by atoms with van der Waals surface area (Å²) >= 11 is 0. The maximum atomic E-state index is 10.3. The van der Waals surface area contributed by atoms with Crippen LogP contribution in [0.4, 0.5) is 0 Å². The molecule has 0 aliphatic heterocycles. The van der Waals surface area contributed by atoms with Crippen LogP contribution in [-0.4, -0.2) is 61.2 Å². The highest BCUT2D eigenvalue weighted by molar-refractivity contribution is 5.31. The Bertz CT molecular complexity index is 612. The number of hydrogen-bond acceptors (Lipinski definition) is 5. The average Bonchev–Trinajstić information content (AvgIpc) is 3.03. The minimum Gasteiger partial charge on any atom is -0.497 e. The molecule has 1 atom stereocenters. The molecule has 6 nitrogen and oxygen atoms in total. The molecule has 0 saturated heterocycles. The fourth-order valence-electron chi connectivity index (χ4n) is 2.56. The van der Waals surface area contributed by atoms with Crippen LogP contribution < -0.4 is 9.47 Å². The monoisotopic (exact) mass is 348 g/mol. The number of hydrogen-bond donors (Lipinski definition) is 1. The van der Waals surface area contributed by atoms with E-state index in [0.717, 1.165) is 18.8 Å². The van der Waals surface area contributed by atoms with Crippen molar-refractivity contribution in [2.75, 3.05) is 40.5 Å². The lowest BCUT2D eigenvalue weighted by molar-refractivity contribution is 0.0534. The molecule has 0 radical (unpaired) electrons. The summed E-state index contributed by atoms with van der Waals surface area (Å²) < 4.78 is 18.0. The van der Waals surface area contributed by atoms with E-state index in [9.17, 15) is 5.11 Å². The molecular formula is C19H28N2O4. The van der Waals surface area contributed by atoms with Gasteiger partial charge >= 0.3 is 0 Å². The molecule has 1 aromatic carbocycles. The Labute approximate surface area is 149 Å². The van der Waals surface area contributed by atoms with Crippen LogP contribution in [0.25, 0.3) is 0 Å². The summed E-state index contributed by atoms with van der Waals surface area (Å²) in [5.74, 6) is 1.49. The first kappa shape index (κ1) is 19.3. The molecule has 25 heavy (non-hydrogen) atoms. The van der Waals surface area contributed by atoms with Crippen LogP contribution in [0.5, 0.6) is 11.5 Å². The predicted octanol–water partition coefficient (Wildman–Crippen LogP) is 1.92. The SMILES string of the molecule is COCCN(Cc1cccn1C)CC(O)COc1ccc(OC)cc1. The van der Waals surface area contributed by atoms with E-state index in [0.29, 0.717) is 18.9 Å². The fraction of sp³-hybridized carbons (Fsp3) is 0.474. The fourth-order valence-corrected chi connectivity index (χ4v) is 2.56. The lowest BCUT2D eigenvalue weighted by Gasteiger charge is -2.25. The molecule has 1 heterocycles. The van der Waals surface area contributed by atoms with Crippen LogP contribution in [0.1, 0.15) is 5.69 Å². The predicted molar refractivity (Wildman–Crippen MR) is 97.1 cm³/mol. The second-order valence-electron chi connectivity index (χ2n) is 5.98. The standard InChI is InChI=1S/C19H28N2O4/c1-20-10-4-5-16(20)13-21(11-12-23-2)14-17(22)15-25-19-8-6-18(24-3)7-9-19/h4-10,17,22H,11-15H2,1-3H3. The Morgan fingerprint density at radius 2 is 1.84 bits per heavy atom. The Morgan fingerprint density at radius 1 is 1.12 bits per heavy atom. The zero-order valence-electron chi connectivity index (χ0n) is 15.2. The molecule has 0 aliphatic rings. The Hall–Kier alpha value is -2.02. The Kier molecular flexibility index (Phi) is 7.78. The summed E-state index contributed by atoms with van der Waals surface area (Å²) in [5.41, 5.74) is 1.19. The van der Waals surface area contributed by atoms with E-state index in [1.54, 1.807) is 14.2 Å². The molecule has 1 aromatic heterocycles. The van der Waals surface area contributed by atoms with Gasteiger partial charge in [0.1, 0.15) is 24.2 Å². The molecule has 138 valence electrons. The van der Waals surface area contributed by atoms with Gasteiger partial charge in [0.05, 0.1) is 13.7 Å². The second kappa shape index (κ2) is 10.1. The van der Waals surface area contributed by atoms with Gasteiger partial charge in [-0.15, -0.1) is 0 Å². The molecule has 0 amide bonds. The van der Waals surface area contributed by atoms with Gasteiger partial charge in [-0.1, -0.05) is 0 Å². The van der Waals surface area contributed by atoms with Crippen molar-refractivity contribution in [2.45, 2.75) is 12.6 Å². The minimum atomic E-state index is -0.584. The molecule has 6 heteroatoms. The van der Waals surface area contributed by atoms with Crippen LogP contribution in [0.3, 0.4) is 0 Å². The third kappa shape index (κ3) is 6.42. The number of methoxy groups -OCH3 is 2. The number of aromatic nitrogens is 1. The quantitative estimate of drug-likeness (QED) is 0.672. The van der Waals surface area contributed by atoms with Gasteiger partial charge < -0.3 is 23.9 Å². The molecule has 0 aliphatic carbocycles. The van der Waals surface area contributed by atoms with E-state index in [4.69, 9.17) is 14.2 Å². The second-order valence-corrected chi connectivity index (χ2v) is 5.98. The van der Waals surface area contributed by atoms with Crippen molar-refractivity contribution in [2.24, 2.45) is 7.05 Å². The summed E-state index contributed by atoms with van der Waals surface area (Å²) in [4.78, 5) is 2.17. The van der Waals surface area contributed by atoms with Crippen molar-refractivity contribution in [3.63, 3.8) is 0 Å². The van der Waals surface area contributed by atoms with E-state index in [1.165, 1.54) is 5.69 Å². The van der Waals surface area contributed by atoms with E-state index in [2.05, 4.69) is 15.5 Å². The summed E-state index contributed by atoms with van der Waals surface area (Å²) in [6.07, 6.45) is 1.44. The van der Waals surface area contributed by atoms with E-state index in [1.807, 2.05) is 43.6 Å². The molecule has 0 spiro atoms. The third-order valence-electron chi connectivity index (χ3n) is 4.02. The van der Waals surface area contributed by atoms with Crippen LogP contribution in [-0.2, 0) is 18.3 Å². The van der Waals surface area contributed by atoms with Crippen molar-refractivity contribution in [3.05, 3.63) is 48.3 Å². The van der Waals surface area contributed by atoms with Gasteiger partial charge in [0.2, 0.25) is 0 Å². The van der Waals surface area contributed by atoms with E-state index < -0.39 is 6.10 Å². The van der Waals surface area contributed by atoms with Crippen LogP contribution in [0.2, 0.25) is 0 Å². The molecule has 0 bridgehead atoms. The zero-order chi connectivity index (χ0) is 18.1. The van der Waals surface area contributed by atoms with Gasteiger partial charge in [-0.25, -0.2) is 0 Å². The molecule has 2 rings (SSSR count). The maximum Gasteiger partial charge on any atom is 0.119 e. The number of ether oxygens (including phenoxy) is 3. The number of nitrogens with zero attached hydrogens (tertiary/aromatic N) is 2. The van der Waals surface area contributed by atoms with Gasteiger partial charge in [-0.05, 0) is 36.4 Å². The summed E-state index contributed by atoms with van der Waals surface area (Å²) in [7, 11) is 5.33. The van der Waals surface area contributed by atoms with E-state index >= 15 is 0 Å². The topological polar surface area (TPSA) is 56.1 Å². The zero-order valence-corrected chi connectivity index (χ0v) is 15.2. The largest absolute Gasteiger partial charge is 0.497 e. The molecular weight excluding hydrogens is 320 g/mol. The molecule has 0 fully saturated rings. The maximum absolute atomic E-state index is 10.3. The third-order valence-corrected chi connectivity index (χ3v) is 4.02. The van der Waals surface area contributed by atoms with Crippen LogP contribution >= 0.6 is 0 Å². The lowest BCUT2D eigenvalue weighted by Crippen LogP contribution is -2.37. The van der Waals surface area contributed by atoms with Gasteiger partial charge in [0, 0.05) is 45.7 Å². The van der Waals surface area contributed by atoms with E-state index in [-0.39, 0.29) is 6.61 Å². The first-order chi connectivity index (χ1) is 12.1. The van der Waals surface area contributed by atoms with Gasteiger partial charge in [0.25, 0.3) is 0 Å². The molecule has 2 aromatic rings. The number of aryl methyl sites for hydroxylation is 1. The number of aliphatic hydroxyl groups excluding tert-OH is 1. The Morgan fingerprint density at radius 3 is 2.44 bits per heavy atom. The van der Waals surface area contributed by atoms with Crippen LogP contribution in [0, 0.1) is 0 Å². The van der Waals surface area contributed by atoms with Crippen molar-refractivity contribution < 1.29 is 19.3 Å². The summed E-state index contributed by atoms with van der Waals surface area (Å²) in [6.45, 7) is 2.89. The lowest BCUT2D eigenvalue weighted by atomic mass is 10.3. The Balaban J connectivity index is 1.84. The highest BCUT2D eigenvalue weighted by atomic mass is 16.5. The molecule has 0 saturated carbocycles. The smallest absolute Gasteiger partial charge is 0.119 e. The van der Waals surface area contributed by atoms with Crippen molar-refractivity contribution in [1.82, 2.24) is 9.47 Å². The number of rotatable bonds is 11. The van der Waals surface area contributed by atoms with Crippen molar-refractivity contribution in [3.8, 4) is 11.5 Å². The van der Waals surface area contributed by atoms with Crippen molar-refractivity contribution in [1.29, 1.82) is 0 Å². The summed E-state index contributed by atoms with van der Waals surface area (Å²) in [6, 6.07) is 11.4. The molecule has 1 N–H and O–H groups in total. The average molecular weight is 348 g/mol. The van der Waals surface area contributed by atoms with Gasteiger partial charge in [0.15, 0.2) is 0 Å². The van der Waals surface area contributed by atoms with Gasteiger partial charge in [-0.3, -0.25) is 4.90 Å². The van der Waals surface area contributed by atoms with Crippen LogP contribution in [0.15, 0.2) is 42.6 Å². The first-order valence-electron chi connectivity index (χ1n) is 8.38. The highest BCUT2D eigenvalue weighted by Crippen LogP contribution is 2.17.